The molecule has 1 aliphatic rings. The molecule has 0 saturated carbocycles. The van der Waals surface area contributed by atoms with Crippen LogP contribution >= 0.6 is 34.8 Å². The fourth-order valence-corrected chi connectivity index (χ4v) is 4.42. The fraction of sp³-hybridized carbons (Fsp3) is 0.391. The molecule has 2 atom stereocenters. The van der Waals surface area contributed by atoms with E-state index in [9.17, 15) is 18.0 Å². The minimum absolute atomic E-state index is 0.106. The molecule has 184 valence electrons. The lowest BCUT2D eigenvalue weighted by Gasteiger charge is -2.30. The summed E-state index contributed by atoms with van der Waals surface area (Å²) in [5, 5.41) is 7.56. The van der Waals surface area contributed by atoms with Crippen LogP contribution in [0.1, 0.15) is 37.8 Å². The van der Waals surface area contributed by atoms with Gasteiger partial charge in [-0.2, -0.15) is 18.3 Å². The second-order valence-corrected chi connectivity index (χ2v) is 9.29. The van der Waals surface area contributed by atoms with Crippen LogP contribution in [0.15, 0.2) is 47.6 Å². The highest BCUT2D eigenvalue weighted by atomic mass is 35.5. The van der Waals surface area contributed by atoms with Crippen molar-refractivity contribution in [2.75, 3.05) is 18.6 Å². The number of anilines is 1. The van der Waals surface area contributed by atoms with Crippen LogP contribution in [0.5, 0.6) is 0 Å². The molecule has 0 fully saturated rings. The monoisotopic (exact) mass is 534 g/mol. The van der Waals surface area contributed by atoms with E-state index in [0.29, 0.717) is 16.6 Å². The van der Waals surface area contributed by atoms with Gasteiger partial charge in [0, 0.05) is 23.6 Å². The van der Waals surface area contributed by atoms with E-state index in [1.165, 1.54) is 47.5 Å². The Hall–Kier alpha value is -2.00. The molecular formula is C23H24Cl3F3N4O. The lowest BCUT2D eigenvalue weighted by molar-refractivity contribution is -0.160. The number of hydrazone groups is 1. The highest BCUT2D eigenvalue weighted by Crippen LogP contribution is 2.48. The summed E-state index contributed by atoms with van der Waals surface area (Å²) in [6.07, 6.45) is -2.06. The van der Waals surface area contributed by atoms with Gasteiger partial charge in [0.05, 0.1) is 16.8 Å². The van der Waals surface area contributed by atoms with Gasteiger partial charge in [0.2, 0.25) is 0 Å². The quantitative estimate of drug-likeness (QED) is 0.296. The molecule has 2 unspecified atom stereocenters. The Morgan fingerprint density at radius 2 is 1.74 bits per heavy atom. The normalized spacial score (nSPS) is 18.4. The molecule has 1 N–H and O–H groups in total. The van der Waals surface area contributed by atoms with Gasteiger partial charge in [0.1, 0.15) is 11.6 Å². The van der Waals surface area contributed by atoms with Crippen LogP contribution in [-0.2, 0) is 4.79 Å². The number of nitrogens with zero attached hydrogens (tertiary/aromatic N) is 3. The SMILES string of the molecule is CCCCCN(C)NC(=O)C1=NN(c2ccc(Cl)cc2Cl)C(c2ccc(Cl)cc2)C1C(F)(F)F. The standard InChI is InChI=1S/C23H24Cl3F3N4O/c1-3-4-5-12-32(2)31-22(34)20-19(23(27,28)29)21(14-6-8-15(24)9-7-14)33(30-20)18-11-10-16(25)13-17(18)26/h6-11,13,19,21H,3-5,12H2,1-2H3,(H,31,34). The summed E-state index contributed by atoms with van der Waals surface area (Å²) in [6.45, 7) is 2.53. The molecule has 2 aromatic carbocycles. The molecule has 34 heavy (non-hydrogen) atoms. The first-order chi connectivity index (χ1) is 16.0. The first-order valence-corrected chi connectivity index (χ1v) is 11.8. The van der Waals surface area contributed by atoms with E-state index in [-0.39, 0.29) is 16.3 Å². The largest absolute Gasteiger partial charge is 0.399 e. The van der Waals surface area contributed by atoms with Gasteiger partial charge in [-0.05, 0) is 42.3 Å². The molecular weight excluding hydrogens is 512 g/mol. The zero-order valence-corrected chi connectivity index (χ0v) is 20.8. The smallest absolute Gasteiger partial charge is 0.284 e. The summed E-state index contributed by atoms with van der Waals surface area (Å²) >= 11 is 18.3. The lowest BCUT2D eigenvalue weighted by Crippen LogP contribution is -2.47. The number of alkyl halides is 3. The van der Waals surface area contributed by atoms with Crippen LogP contribution in [0.2, 0.25) is 15.1 Å². The van der Waals surface area contributed by atoms with Crippen molar-refractivity contribution in [2.45, 2.75) is 38.4 Å². The van der Waals surface area contributed by atoms with Crippen LogP contribution in [0.3, 0.4) is 0 Å². The molecule has 1 aliphatic heterocycles. The van der Waals surface area contributed by atoms with Gasteiger partial charge in [0.25, 0.3) is 5.91 Å². The van der Waals surface area contributed by atoms with Gasteiger partial charge >= 0.3 is 6.18 Å². The van der Waals surface area contributed by atoms with Crippen molar-refractivity contribution in [1.82, 2.24) is 10.4 Å². The molecule has 0 spiro atoms. The molecule has 2 aromatic rings. The third-order valence-corrected chi connectivity index (χ3v) is 6.22. The fourth-order valence-electron chi connectivity index (χ4n) is 3.80. The van der Waals surface area contributed by atoms with Gasteiger partial charge in [-0.1, -0.05) is 66.7 Å². The zero-order valence-electron chi connectivity index (χ0n) is 18.5. The summed E-state index contributed by atoms with van der Waals surface area (Å²) in [7, 11) is 1.61. The molecule has 0 saturated heterocycles. The van der Waals surface area contributed by atoms with Crippen molar-refractivity contribution in [3.8, 4) is 0 Å². The van der Waals surface area contributed by atoms with E-state index >= 15 is 0 Å². The number of benzene rings is 2. The minimum Gasteiger partial charge on any atom is -0.284 e. The van der Waals surface area contributed by atoms with Crippen LogP contribution in [0.4, 0.5) is 18.9 Å². The number of carbonyl (C=O) groups excluding carboxylic acids is 1. The van der Waals surface area contributed by atoms with Crippen molar-refractivity contribution in [2.24, 2.45) is 11.0 Å². The maximum atomic E-state index is 14.4. The number of hydrogen-bond donors (Lipinski definition) is 1. The first-order valence-electron chi connectivity index (χ1n) is 10.7. The Kier molecular flexibility index (Phi) is 8.73. The van der Waals surface area contributed by atoms with E-state index in [1.54, 1.807) is 7.05 Å². The van der Waals surface area contributed by atoms with Gasteiger partial charge in [-0.15, -0.1) is 0 Å². The second-order valence-electron chi connectivity index (χ2n) is 8.01. The van der Waals surface area contributed by atoms with Crippen molar-refractivity contribution in [3.05, 3.63) is 63.1 Å². The van der Waals surface area contributed by atoms with Crippen LogP contribution in [-0.4, -0.2) is 36.4 Å². The van der Waals surface area contributed by atoms with E-state index in [0.717, 1.165) is 24.3 Å². The molecule has 1 amide bonds. The van der Waals surface area contributed by atoms with Gasteiger partial charge < -0.3 is 0 Å². The second kappa shape index (κ2) is 11.2. The number of carbonyl (C=O) groups is 1. The lowest BCUT2D eigenvalue weighted by atomic mass is 9.88. The van der Waals surface area contributed by atoms with Crippen molar-refractivity contribution < 1.29 is 18.0 Å². The van der Waals surface area contributed by atoms with Crippen molar-refractivity contribution in [3.63, 3.8) is 0 Å². The highest BCUT2D eigenvalue weighted by Gasteiger charge is 2.56. The van der Waals surface area contributed by atoms with Crippen LogP contribution in [0, 0.1) is 5.92 Å². The number of amides is 1. The number of nitrogens with one attached hydrogen (secondary N) is 1. The first kappa shape index (κ1) is 26.6. The van der Waals surface area contributed by atoms with E-state index in [4.69, 9.17) is 34.8 Å². The molecule has 0 bridgehead atoms. The number of hydrogen-bond acceptors (Lipinski definition) is 4. The third-order valence-electron chi connectivity index (χ3n) is 5.43. The summed E-state index contributed by atoms with van der Waals surface area (Å²) in [6, 6.07) is 8.96. The Labute approximate surface area is 211 Å². The molecule has 0 aliphatic carbocycles. The number of halogens is 6. The predicted molar refractivity (Wildman–Crippen MR) is 130 cm³/mol. The third kappa shape index (κ3) is 6.16. The number of hydrazine groups is 1. The average Bonchev–Trinajstić information content (AvgIpc) is 3.15. The van der Waals surface area contributed by atoms with E-state index in [1.807, 2.05) is 6.92 Å². The minimum atomic E-state index is -4.77. The van der Waals surface area contributed by atoms with Gasteiger partial charge in [-0.3, -0.25) is 15.2 Å². The van der Waals surface area contributed by atoms with Gasteiger partial charge in [-0.25, -0.2) is 5.01 Å². The van der Waals surface area contributed by atoms with E-state index < -0.39 is 29.8 Å². The van der Waals surface area contributed by atoms with Crippen LogP contribution in [0.25, 0.3) is 0 Å². The number of rotatable bonds is 8. The van der Waals surface area contributed by atoms with Crippen molar-refractivity contribution in [1.29, 1.82) is 0 Å². The Bertz CT molecular complexity index is 1050. The summed E-state index contributed by atoms with van der Waals surface area (Å²) in [5.74, 6) is -3.13. The number of unbranched alkanes of at least 4 members (excludes halogenated alkanes) is 2. The molecule has 0 aromatic heterocycles. The molecule has 1 heterocycles. The molecule has 11 heteroatoms. The topological polar surface area (TPSA) is 47.9 Å². The summed E-state index contributed by atoms with van der Waals surface area (Å²) in [5.41, 5.74) is 2.34. The maximum absolute atomic E-state index is 14.4. The van der Waals surface area contributed by atoms with Crippen LogP contribution < -0.4 is 10.4 Å². The average molecular weight is 536 g/mol. The molecule has 5 nitrogen and oxygen atoms in total. The highest BCUT2D eigenvalue weighted by molar-refractivity contribution is 6.41. The molecule has 3 rings (SSSR count). The Balaban J connectivity index is 2.05. The van der Waals surface area contributed by atoms with Gasteiger partial charge in [0.15, 0.2) is 0 Å². The van der Waals surface area contributed by atoms with Crippen molar-refractivity contribution >= 4 is 52.1 Å². The maximum Gasteiger partial charge on any atom is 0.399 e. The molecule has 0 radical (unpaired) electrons. The Morgan fingerprint density at radius 3 is 2.32 bits per heavy atom. The van der Waals surface area contributed by atoms with E-state index in [2.05, 4.69) is 10.5 Å². The zero-order chi connectivity index (χ0) is 25.0. The Morgan fingerprint density at radius 1 is 1.09 bits per heavy atom. The predicted octanol–water partition coefficient (Wildman–Crippen LogP) is 6.90. The summed E-state index contributed by atoms with van der Waals surface area (Å²) in [4.78, 5) is 13.0. The summed E-state index contributed by atoms with van der Waals surface area (Å²) < 4.78 is 43.3.